The Morgan fingerprint density at radius 1 is 0.879 bits per heavy atom. The molecule has 1 atom stereocenters. The Hall–Kier alpha value is -2.09. The number of hydrogen-bond donors (Lipinski definition) is 1. The van der Waals surface area contributed by atoms with Gasteiger partial charge in [-0.1, -0.05) is 86.5 Å². The molecule has 0 aromatic heterocycles. The van der Waals surface area contributed by atoms with Gasteiger partial charge in [0.05, 0.1) is 5.75 Å². The molecule has 1 N–H and O–H groups in total. The Labute approximate surface area is 216 Å². The lowest BCUT2D eigenvalue weighted by atomic mass is 10.0. The average Bonchev–Trinajstić information content (AvgIpc) is 2.82. The largest absolute Gasteiger partial charge is 0.357 e. The Morgan fingerprint density at radius 3 is 2.24 bits per heavy atom. The van der Waals surface area contributed by atoms with Crippen LogP contribution in [0.2, 0.25) is 0 Å². The van der Waals surface area contributed by atoms with Gasteiger partial charge in [-0.05, 0) is 41.0 Å². The number of halogens is 2. The highest BCUT2D eigenvalue weighted by Gasteiger charge is 2.29. The summed E-state index contributed by atoms with van der Waals surface area (Å²) >= 11 is 8.51. The maximum absolute atomic E-state index is 13.4. The predicted octanol–water partition coefficient (Wildman–Crippen LogP) is 5.83. The highest BCUT2D eigenvalue weighted by atomic mass is 79.9. The van der Waals surface area contributed by atoms with Gasteiger partial charge in [-0.15, -0.1) is 11.8 Å². The number of thioether (sulfide) groups is 1. The van der Waals surface area contributed by atoms with Gasteiger partial charge in [-0.3, -0.25) is 9.59 Å². The number of nitrogens with one attached hydrogen (secondary N) is 1. The third kappa shape index (κ3) is 8.02. The van der Waals surface area contributed by atoms with Crippen LogP contribution in [-0.4, -0.2) is 35.6 Å². The second-order valence-electron chi connectivity index (χ2n) is 7.59. The van der Waals surface area contributed by atoms with E-state index in [9.17, 15) is 9.59 Å². The fourth-order valence-electron chi connectivity index (χ4n) is 3.47. The molecule has 0 heterocycles. The Bertz CT molecular complexity index is 1060. The lowest BCUT2D eigenvalue weighted by Gasteiger charge is -2.31. The summed E-state index contributed by atoms with van der Waals surface area (Å²) in [4.78, 5) is 28.1. The van der Waals surface area contributed by atoms with Crippen molar-refractivity contribution in [2.45, 2.75) is 24.8 Å². The van der Waals surface area contributed by atoms with Crippen molar-refractivity contribution in [2.75, 3.05) is 12.8 Å². The molecule has 0 saturated carbocycles. The van der Waals surface area contributed by atoms with Gasteiger partial charge in [0.1, 0.15) is 6.04 Å². The third-order valence-electron chi connectivity index (χ3n) is 5.17. The maximum Gasteiger partial charge on any atom is 0.242 e. The standard InChI is InChI=1S/C26H26Br2N2O2S/c1-29-26(32)24(15-19-6-3-2-4-7-19)30(16-21-8-5-9-23(28)14-21)25(31)18-33-17-20-10-12-22(27)13-11-20/h2-14,24H,15-18H2,1H3,(H,29,32). The third-order valence-corrected chi connectivity index (χ3v) is 7.18. The molecule has 0 aliphatic heterocycles. The van der Waals surface area contributed by atoms with E-state index in [1.165, 1.54) is 0 Å². The van der Waals surface area contributed by atoms with E-state index in [4.69, 9.17) is 0 Å². The van der Waals surface area contributed by atoms with Gasteiger partial charge in [0.2, 0.25) is 11.8 Å². The molecule has 1 unspecified atom stereocenters. The molecule has 172 valence electrons. The van der Waals surface area contributed by atoms with Gasteiger partial charge in [-0.2, -0.15) is 0 Å². The molecule has 3 rings (SSSR count). The number of amides is 2. The molecule has 0 fully saturated rings. The van der Waals surface area contributed by atoms with E-state index in [1.54, 1.807) is 23.7 Å². The van der Waals surface area contributed by atoms with Crippen LogP contribution in [0.25, 0.3) is 0 Å². The predicted molar refractivity (Wildman–Crippen MR) is 143 cm³/mol. The monoisotopic (exact) mass is 588 g/mol. The molecule has 0 aliphatic rings. The van der Waals surface area contributed by atoms with Crippen molar-refractivity contribution >= 4 is 55.4 Å². The van der Waals surface area contributed by atoms with Gasteiger partial charge < -0.3 is 10.2 Å². The molecule has 4 nitrogen and oxygen atoms in total. The first-order valence-electron chi connectivity index (χ1n) is 10.6. The number of nitrogens with zero attached hydrogens (tertiary/aromatic N) is 1. The molecule has 0 radical (unpaired) electrons. The molecule has 3 aromatic carbocycles. The van der Waals surface area contributed by atoms with Crippen LogP contribution in [0.3, 0.4) is 0 Å². The van der Waals surface area contributed by atoms with Crippen molar-refractivity contribution in [3.05, 3.63) is 104 Å². The van der Waals surface area contributed by atoms with E-state index in [0.717, 1.165) is 31.4 Å². The van der Waals surface area contributed by atoms with Crippen molar-refractivity contribution < 1.29 is 9.59 Å². The van der Waals surface area contributed by atoms with Gasteiger partial charge in [-0.25, -0.2) is 0 Å². The van der Waals surface area contributed by atoms with Gasteiger partial charge >= 0.3 is 0 Å². The second-order valence-corrected chi connectivity index (χ2v) is 10.4. The molecule has 0 spiro atoms. The number of benzene rings is 3. The molecule has 3 aromatic rings. The summed E-state index contributed by atoms with van der Waals surface area (Å²) in [6.07, 6.45) is 0.456. The summed E-state index contributed by atoms with van der Waals surface area (Å²) in [5.74, 6) is 0.807. The van der Waals surface area contributed by atoms with Gasteiger partial charge in [0.15, 0.2) is 0 Å². The average molecular weight is 590 g/mol. The van der Waals surface area contributed by atoms with Crippen LogP contribution in [0.1, 0.15) is 16.7 Å². The number of likely N-dealkylation sites (N-methyl/N-ethyl adjacent to an activating group) is 1. The van der Waals surface area contributed by atoms with E-state index < -0.39 is 6.04 Å². The lowest BCUT2D eigenvalue weighted by molar-refractivity contribution is -0.139. The van der Waals surface area contributed by atoms with Crippen molar-refractivity contribution in [2.24, 2.45) is 0 Å². The zero-order valence-electron chi connectivity index (χ0n) is 18.3. The normalized spacial score (nSPS) is 11.6. The van der Waals surface area contributed by atoms with Gasteiger partial charge in [0, 0.05) is 34.7 Å². The van der Waals surface area contributed by atoms with Crippen LogP contribution in [0.5, 0.6) is 0 Å². The Morgan fingerprint density at radius 2 is 1.58 bits per heavy atom. The number of carbonyl (C=O) groups excluding carboxylic acids is 2. The van der Waals surface area contributed by atoms with Crippen molar-refractivity contribution in [3.8, 4) is 0 Å². The summed E-state index contributed by atoms with van der Waals surface area (Å²) in [6.45, 7) is 0.363. The number of carbonyl (C=O) groups is 2. The van der Waals surface area contributed by atoms with Crippen LogP contribution < -0.4 is 5.32 Å². The smallest absolute Gasteiger partial charge is 0.242 e. The van der Waals surface area contributed by atoms with Gasteiger partial charge in [0.25, 0.3) is 0 Å². The molecule has 7 heteroatoms. The lowest BCUT2D eigenvalue weighted by Crippen LogP contribution is -2.50. The highest BCUT2D eigenvalue weighted by molar-refractivity contribution is 9.10. The van der Waals surface area contributed by atoms with E-state index in [-0.39, 0.29) is 11.8 Å². The minimum atomic E-state index is -0.600. The second kappa shape index (κ2) is 13.0. The molecule has 0 saturated heterocycles. The van der Waals surface area contributed by atoms with E-state index in [2.05, 4.69) is 37.2 Å². The minimum Gasteiger partial charge on any atom is -0.357 e. The first-order chi connectivity index (χ1) is 16.0. The fraction of sp³-hybridized carbons (Fsp3) is 0.231. The summed E-state index contributed by atoms with van der Waals surface area (Å²) in [5.41, 5.74) is 3.14. The Balaban J connectivity index is 1.80. The van der Waals surface area contributed by atoms with Crippen LogP contribution in [0.15, 0.2) is 87.8 Å². The zero-order chi connectivity index (χ0) is 23.6. The van der Waals surface area contributed by atoms with Crippen molar-refractivity contribution in [3.63, 3.8) is 0 Å². The number of hydrogen-bond acceptors (Lipinski definition) is 3. The quantitative estimate of drug-likeness (QED) is 0.324. The molecular weight excluding hydrogens is 564 g/mol. The van der Waals surface area contributed by atoms with Crippen LogP contribution in [-0.2, 0) is 28.3 Å². The summed E-state index contributed by atoms with van der Waals surface area (Å²) in [7, 11) is 1.62. The first kappa shape index (κ1) is 25.5. The summed E-state index contributed by atoms with van der Waals surface area (Å²) in [5, 5.41) is 2.75. The van der Waals surface area contributed by atoms with E-state index in [0.29, 0.717) is 18.7 Å². The van der Waals surface area contributed by atoms with E-state index >= 15 is 0 Å². The van der Waals surface area contributed by atoms with Crippen LogP contribution in [0.4, 0.5) is 0 Å². The number of rotatable bonds is 10. The topological polar surface area (TPSA) is 49.4 Å². The summed E-state index contributed by atoms with van der Waals surface area (Å²) < 4.78 is 1.97. The Kier molecular flexibility index (Phi) is 10.0. The van der Waals surface area contributed by atoms with Crippen molar-refractivity contribution in [1.82, 2.24) is 10.2 Å². The first-order valence-corrected chi connectivity index (χ1v) is 13.3. The minimum absolute atomic E-state index is 0.0541. The zero-order valence-corrected chi connectivity index (χ0v) is 22.3. The fourth-order valence-corrected chi connectivity index (χ4v) is 5.05. The van der Waals surface area contributed by atoms with E-state index in [1.807, 2.05) is 78.9 Å². The summed E-state index contributed by atoms with van der Waals surface area (Å²) in [6, 6.07) is 25.2. The van der Waals surface area contributed by atoms with Crippen LogP contribution >= 0.6 is 43.6 Å². The molecular formula is C26H26Br2N2O2S. The van der Waals surface area contributed by atoms with Crippen LogP contribution in [0, 0.1) is 0 Å². The molecule has 0 bridgehead atoms. The SMILES string of the molecule is CNC(=O)C(Cc1ccccc1)N(Cc1cccc(Br)c1)C(=O)CSCc1ccc(Br)cc1. The van der Waals surface area contributed by atoms with Crippen molar-refractivity contribution in [1.29, 1.82) is 0 Å². The molecule has 33 heavy (non-hydrogen) atoms. The molecule has 0 aliphatic carbocycles. The molecule has 2 amide bonds. The highest BCUT2D eigenvalue weighted by Crippen LogP contribution is 2.21. The maximum atomic E-state index is 13.4.